The Morgan fingerprint density at radius 1 is 0.897 bits per heavy atom. The van der Waals surface area contributed by atoms with Crippen molar-refractivity contribution in [2.75, 3.05) is 26.8 Å². The fourth-order valence-corrected chi connectivity index (χ4v) is 4.24. The number of methoxy groups -OCH3 is 1. The first-order chi connectivity index (χ1) is 18.9. The summed E-state index contributed by atoms with van der Waals surface area (Å²) in [4.78, 5) is 43.0. The lowest BCUT2D eigenvalue weighted by Gasteiger charge is -2.28. The number of ether oxygens (including phenoxy) is 1. The Hall–Kier alpha value is -4.43. The van der Waals surface area contributed by atoms with E-state index < -0.39 is 0 Å². The Morgan fingerprint density at radius 3 is 2.28 bits per heavy atom. The molecule has 0 radical (unpaired) electrons. The molecule has 3 amide bonds. The molecule has 4 rings (SSSR count). The number of urea groups is 1. The Kier molecular flexibility index (Phi) is 9.48. The van der Waals surface area contributed by atoms with E-state index >= 15 is 0 Å². The van der Waals surface area contributed by atoms with Crippen LogP contribution >= 0.6 is 0 Å². The number of amides is 3. The number of nitrogens with one attached hydrogen (secondary N) is 1. The molecule has 0 saturated heterocycles. The number of carbonyl (C=O) groups is 2. The minimum atomic E-state index is -0.371. The first kappa shape index (κ1) is 27.6. The lowest BCUT2D eigenvalue weighted by Crippen LogP contribution is -2.47. The second-order valence-electron chi connectivity index (χ2n) is 9.38. The predicted octanol–water partition coefficient (Wildman–Crippen LogP) is 4.49. The van der Waals surface area contributed by atoms with Gasteiger partial charge < -0.3 is 24.3 Å². The molecule has 0 fully saturated rings. The van der Waals surface area contributed by atoms with Crippen molar-refractivity contribution < 1.29 is 18.7 Å². The third-order valence-corrected chi connectivity index (χ3v) is 6.39. The van der Waals surface area contributed by atoms with Crippen LogP contribution in [0.2, 0.25) is 0 Å². The van der Waals surface area contributed by atoms with Gasteiger partial charge in [0.15, 0.2) is 5.43 Å². The minimum Gasteiger partial charge on any atom is -0.464 e. The molecule has 39 heavy (non-hydrogen) atoms. The van der Waals surface area contributed by atoms with Gasteiger partial charge in [0, 0.05) is 26.7 Å². The highest BCUT2D eigenvalue weighted by Crippen LogP contribution is 2.16. The van der Waals surface area contributed by atoms with Crippen LogP contribution in [0, 0.1) is 6.92 Å². The van der Waals surface area contributed by atoms with Crippen LogP contribution < -0.4 is 10.7 Å². The smallest absolute Gasteiger partial charge is 0.318 e. The van der Waals surface area contributed by atoms with Crippen LogP contribution in [0.15, 0.2) is 94.3 Å². The maximum absolute atomic E-state index is 13.7. The lowest BCUT2D eigenvalue weighted by molar-refractivity contribution is -0.133. The van der Waals surface area contributed by atoms with Crippen molar-refractivity contribution in [2.45, 2.75) is 26.6 Å². The molecule has 0 aliphatic carbocycles. The summed E-state index contributed by atoms with van der Waals surface area (Å²) in [5.41, 5.74) is 3.49. The van der Waals surface area contributed by atoms with Crippen LogP contribution in [0.3, 0.4) is 0 Å². The molecule has 4 aromatic rings. The van der Waals surface area contributed by atoms with Gasteiger partial charge in [-0.05, 0) is 30.2 Å². The van der Waals surface area contributed by atoms with Crippen molar-refractivity contribution in [1.82, 2.24) is 15.1 Å². The Balaban J connectivity index is 1.55. The van der Waals surface area contributed by atoms with E-state index in [4.69, 9.17) is 9.15 Å². The second-order valence-corrected chi connectivity index (χ2v) is 9.38. The molecular weight excluding hydrogens is 494 g/mol. The van der Waals surface area contributed by atoms with Crippen LogP contribution in [0.4, 0.5) is 4.79 Å². The fourth-order valence-electron chi connectivity index (χ4n) is 4.24. The van der Waals surface area contributed by atoms with Crippen LogP contribution in [-0.2, 0) is 29.2 Å². The summed E-state index contributed by atoms with van der Waals surface area (Å²) < 4.78 is 10.9. The van der Waals surface area contributed by atoms with Gasteiger partial charge in [0.1, 0.15) is 12.1 Å². The number of fused-ring (bicyclic) bond motifs is 1. The van der Waals surface area contributed by atoms with Gasteiger partial charge in [-0.3, -0.25) is 9.59 Å². The summed E-state index contributed by atoms with van der Waals surface area (Å²) in [6.45, 7) is 2.90. The number of benzene rings is 3. The predicted molar refractivity (Wildman–Crippen MR) is 150 cm³/mol. The molecule has 1 heterocycles. The maximum atomic E-state index is 13.7. The molecule has 8 heteroatoms. The SMILES string of the molecule is COCCN(CC(=O)N(Cc1ccccc1)Cc1coc2ccc(C)cc2c1=O)C(=O)NCc1ccccc1. The molecule has 1 N–H and O–H groups in total. The lowest BCUT2D eigenvalue weighted by atomic mass is 10.1. The van der Waals surface area contributed by atoms with Gasteiger partial charge in [-0.2, -0.15) is 0 Å². The number of aryl methyl sites for hydroxylation is 1. The summed E-state index contributed by atoms with van der Waals surface area (Å²) in [6.07, 6.45) is 1.42. The molecule has 202 valence electrons. The molecule has 3 aromatic carbocycles. The highest BCUT2D eigenvalue weighted by molar-refractivity contribution is 5.84. The van der Waals surface area contributed by atoms with Crippen molar-refractivity contribution in [1.29, 1.82) is 0 Å². The quantitative estimate of drug-likeness (QED) is 0.310. The second kappa shape index (κ2) is 13.4. The zero-order chi connectivity index (χ0) is 27.6. The zero-order valence-corrected chi connectivity index (χ0v) is 22.3. The number of rotatable bonds is 11. The molecule has 0 atom stereocenters. The topological polar surface area (TPSA) is 92.1 Å². The maximum Gasteiger partial charge on any atom is 0.318 e. The summed E-state index contributed by atoms with van der Waals surface area (Å²) in [5, 5.41) is 3.36. The van der Waals surface area contributed by atoms with E-state index in [1.807, 2.05) is 73.7 Å². The third-order valence-electron chi connectivity index (χ3n) is 6.39. The molecule has 8 nitrogen and oxygen atoms in total. The van der Waals surface area contributed by atoms with Crippen molar-refractivity contribution in [3.63, 3.8) is 0 Å². The Labute approximate surface area is 227 Å². The number of hydrogen-bond acceptors (Lipinski definition) is 5. The van der Waals surface area contributed by atoms with Gasteiger partial charge in [0.05, 0.1) is 30.4 Å². The summed E-state index contributed by atoms with van der Waals surface area (Å²) in [7, 11) is 1.55. The molecule has 0 spiro atoms. The van der Waals surface area contributed by atoms with Gasteiger partial charge in [0.25, 0.3) is 0 Å². The largest absolute Gasteiger partial charge is 0.464 e. The van der Waals surface area contributed by atoms with Crippen LogP contribution in [-0.4, -0.2) is 48.5 Å². The molecule has 0 unspecified atom stereocenters. The van der Waals surface area contributed by atoms with E-state index in [2.05, 4.69) is 5.32 Å². The molecule has 0 saturated carbocycles. The molecular formula is C31H33N3O5. The van der Waals surface area contributed by atoms with Crippen molar-refractivity contribution in [3.8, 4) is 0 Å². The summed E-state index contributed by atoms with van der Waals surface area (Å²) >= 11 is 0. The van der Waals surface area contributed by atoms with Crippen LogP contribution in [0.25, 0.3) is 11.0 Å². The number of hydrogen-bond donors (Lipinski definition) is 1. The van der Waals surface area contributed by atoms with Gasteiger partial charge in [-0.1, -0.05) is 72.3 Å². The highest BCUT2D eigenvalue weighted by Gasteiger charge is 2.23. The van der Waals surface area contributed by atoms with E-state index in [0.29, 0.717) is 23.1 Å². The van der Waals surface area contributed by atoms with E-state index in [0.717, 1.165) is 16.7 Å². The van der Waals surface area contributed by atoms with Gasteiger partial charge in [0.2, 0.25) is 5.91 Å². The van der Waals surface area contributed by atoms with E-state index in [1.54, 1.807) is 24.1 Å². The van der Waals surface area contributed by atoms with Crippen molar-refractivity contribution >= 4 is 22.9 Å². The van der Waals surface area contributed by atoms with Crippen molar-refractivity contribution in [3.05, 3.63) is 118 Å². The van der Waals surface area contributed by atoms with E-state index in [9.17, 15) is 14.4 Å². The van der Waals surface area contributed by atoms with Crippen LogP contribution in [0.5, 0.6) is 0 Å². The standard InChI is InChI=1S/C31H33N3O5/c1-23-13-14-28-27(17-23)30(36)26(22-39-28)20-34(19-25-11-7-4-8-12-25)29(35)21-33(15-16-38-2)31(37)32-18-24-9-5-3-6-10-24/h3-14,17,22H,15-16,18-21H2,1-2H3,(H,32,37). The minimum absolute atomic E-state index is 0.0453. The highest BCUT2D eigenvalue weighted by atomic mass is 16.5. The Bertz CT molecular complexity index is 1450. The van der Waals surface area contributed by atoms with Gasteiger partial charge in [-0.15, -0.1) is 0 Å². The first-order valence-corrected chi connectivity index (χ1v) is 12.8. The average molecular weight is 528 g/mol. The fraction of sp³-hybridized carbons (Fsp3) is 0.258. The summed E-state index contributed by atoms with van der Waals surface area (Å²) in [6, 6.07) is 24.2. The first-order valence-electron chi connectivity index (χ1n) is 12.8. The van der Waals surface area contributed by atoms with Gasteiger partial charge in [-0.25, -0.2) is 4.79 Å². The normalized spacial score (nSPS) is 10.8. The average Bonchev–Trinajstić information content (AvgIpc) is 2.96. The van der Waals surface area contributed by atoms with E-state index in [-0.39, 0.29) is 50.2 Å². The molecule has 0 aliphatic rings. The van der Waals surface area contributed by atoms with E-state index in [1.165, 1.54) is 11.2 Å². The zero-order valence-electron chi connectivity index (χ0n) is 22.3. The third kappa shape index (κ3) is 7.55. The van der Waals surface area contributed by atoms with Gasteiger partial charge >= 0.3 is 6.03 Å². The summed E-state index contributed by atoms with van der Waals surface area (Å²) in [5.74, 6) is -0.298. The van der Waals surface area contributed by atoms with Crippen LogP contribution in [0.1, 0.15) is 22.3 Å². The number of nitrogens with zero attached hydrogens (tertiary/aromatic N) is 2. The number of carbonyl (C=O) groups excluding carboxylic acids is 2. The molecule has 0 aliphatic heterocycles. The monoisotopic (exact) mass is 527 g/mol. The van der Waals surface area contributed by atoms with Crippen molar-refractivity contribution in [2.24, 2.45) is 0 Å². The molecule has 0 bridgehead atoms. The Morgan fingerprint density at radius 2 is 1.59 bits per heavy atom. The molecule has 1 aromatic heterocycles.